The molecule has 2 rings (SSSR count). The third-order valence-electron chi connectivity index (χ3n) is 3.19. The SMILES string of the molecule is Cc1ccc(CC(NN)c2ccc(Cl)cc2N)cc1. The van der Waals surface area contributed by atoms with E-state index >= 15 is 0 Å². The summed E-state index contributed by atoms with van der Waals surface area (Å²) in [5.74, 6) is 5.65. The third kappa shape index (κ3) is 3.47. The van der Waals surface area contributed by atoms with Crippen molar-refractivity contribution in [3.63, 3.8) is 0 Å². The molecular weight excluding hydrogens is 258 g/mol. The average Bonchev–Trinajstić information content (AvgIpc) is 2.39. The number of hydrogen-bond donors (Lipinski definition) is 3. The van der Waals surface area contributed by atoms with E-state index in [-0.39, 0.29) is 6.04 Å². The Morgan fingerprint density at radius 2 is 1.84 bits per heavy atom. The lowest BCUT2D eigenvalue weighted by atomic mass is 9.97. The number of hydrogen-bond acceptors (Lipinski definition) is 3. The van der Waals surface area contributed by atoms with Crippen LogP contribution in [-0.4, -0.2) is 0 Å². The molecule has 3 nitrogen and oxygen atoms in total. The molecule has 19 heavy (non-hydrogen) atoms. The monoisotopic (exact) mass is 275 g/mol. The molecule has 4 heteroatoms. The fraction of sp³-hybridized carbons (Fsp3) is 0.200. The molecule has 0 aliphatic rings. The number of benzene rings is 2. The van der Waals surface area contributed by atoms with Gasteiger partial charge in [-0.3, -0.25) is 11.3 Å². The van der Waals surface area contributed by atoms with Gasteiger partial charge in [-0.1, -0.05) is 47.5 Å². The molecule has 1 unspecified atom stereocenters. The van der Waals surface area contributed by atoms with Crippen LogP contribution in [0, 0.1) is 6.92 Å². The molecule has 5 N–H and O–H groups in total. The number of nitrogens with two attached hydrogens (primary N) is 2. The zero-order valence-corrected chi connectivity index (χ0v) is 11.6. The maximum atomic E-state index is 6.00. The molecule has 2 aromatic carbocycles. The summed E-state index contributed by atoms with van der Waals surface area (Å²) in [5, 5.41) is 0.632. The summed E-state index contributed by atoms with van der Waals surface area (Å²) in [7, 11) is 0. The van der Waals surface area contributed by atoms with E-state index in [0.717, 1.165) is 12.0 Å². The minimum absolute atomic E-state index is 0.0278. The first-order valence-electron chi connectivity index (χ1n) is 6.16. The van der Waals surface area contributed by atoms with Crippen LogP contribution in [0.1, 0.15) is 22.7 Å². The van der Waals surface area contributed by atoms with Crippen LogP contribution in [0.15, 0.2) is 42.5 Å². The van der Waals surface area contributed by atoms with E-state index in [0.29, 0.717) is 10.7 Å². The highest BCUT2D eigenvalue weighted by Gasteiger charge is 2.13. The molecule has 0 saturated carbocycles. The smallest absolute Gasteiger partial charge is 0.0520 e. The molecule has 0 amide bonds. The van der Waals surface area contributed by atoms with Gasteiger partial charge in [0.2, 0.25) is 0 Å². The standard InChI is InChI=1S/C15H18ClN3/c1-10-2-4-11(5-3-10)8-15(19-18)13-7-6-12(16)9-14(13)17/h2-7,9,15,19H,8,17-18H2,1H3. The number of anilines is 1. The van der Waals surface area contributed by atoms with Crippen LogP contribution in [0.2, 0.25) is 5.02 Å². The van der Waals surface area contributed by atoms with Crippen molar-refractivity contribution in [2.75, 3.05) is 5.73 Å². The molecule has 0 fully saturated rings. The van der Waals surface area contributed by atoms with Crippen LogP contribution in [0.4, 0.5) is 5.69 Å². The van der Waals surface area contributed by atoms with E-state index in [4.69, 9.17) is 23.2 Å². The van der Waals surface area contributed by atoms with Crippen molar-refractivity contribution in [2.45, 2.75) is 19.4 Å². The Hall–Kier alpha value is -1.55. The van der Waals surface area contributed by atoms with Gasteiger partial charge in [0, 0.05) is 10.7 Å². The second-order valence-corrected chi connectivity index (χ2v) is 5.12. The Morgan fingerprint density at radius 1 is 1.16 bits per heavy atom. The molecule has 0 aromatic heterocycles. The molecular formula is C15H18ClN3. The highest BCUT2D eigenvalue weighted by atomic mass is 35.5. The highest BCUT2D eigenvalue weighted by molar-refractivity contribution is 6.30. The van der Waals surface area contributed by atoms with E-state index in [1.807, 2.05) is 12.1 Å². The number of hydrazine groups is 1. The van der Waals surface area contributed by atoms with Crippen molar-refractivity contribution in [1.82, 2.24) is 5.43 Å². The lowest BCUT2D eigenvalue weighted by Crippen LogP contribution is -2.30. The first kappa shape index (κ1) is 13.9. The Bertz CT molecular complexity index is 552. The van der Waals surface area contributed by atoms with Gasteiger partial charge >= 0.3 is 0 Å². The Kier molecular flexibility index (Phi) is 4.43. The molecule has 0 aliphatic carbocycles. The number of halogens is 1. The van der Waals surface area contributed by atoms with E-state index in [1.165, 1.54) is 11.1 Å². The van der Waals surface area contributed by atoms with Gasteiger partial charge in [-0.2, -0.15) is 0 Å². The minimum Gasteiger partial charge on any atom is -0.398 e. The van der Waals surface area contributed by atoms with Gasteiger partial charge < -0.3 is 5.73 Å². The molecule has 1 atom stereocenters. The van der Waals surface area contributed by atoms with E-state index < -0.39 is 0 Å². The van der Waals surface area contributed by atoms with Crippen molar-refractivity contribution in [2.24, 2.45) is 5.84 Å². The van der Waals surface area contributed by atoms with Crippen LogP contribution in [-0.2, 0) is 6.42 Å². The maximum absolute atomic E-state index is 6.00. The van der Waals surface area contributed by atoms with Crippen molar-refractivity contribution < 1.29 is 0 Å². The zero-order chi connectivity index (χ0) is 13.8. The quantitative estimate of drug-likeness (QED) is 0.457. The fourth-order valence-electron chi connectivity index (χ4n) is 2.08. The van der Waals surface area contributed by atoms with Crippen molar-refractivity contribution in [3.05, 3.63) is 64.2 Å². The predicted molar refractivity (Wildman–Crippen MR) is 80.8 cm³/mol. The van der Waals surface area contributed by atoms with Gasteiger partial charge in [0.15, 0.2) is 0 Å². The summed E-state index contributed by atoms with van der Waals surface area (Å²) in [6, 6.07) is 13.8. The molecule has 0 spiro atoms. The molecule has 0 radical (unpaired) electrons. The summed E-state index contributed by atoms with van der Waals surface area (Å²) in [6.45, 7) is 2.07. The van der Waals surface area contributed by atoms with Crippen LogP contribution >= 0.6 is 11.6 Å². The predicted octanol–water partition coefficient (Wildman–Crippen LogP) is 2.98. The van der Waals surface area contributed by atoms with E-state index in [1.54, 1.807) is 6.07 Å². The number of nitrogens with one attached hydrogen (secondary N) is 1. The minimum atomic E-state index is -0.0278. The summed E-state index contributed by atoms with van der Waals surface area (Å²) >= 11 is 5.91. The second-order valence-electron chi connectivity index (χ2n) is 4.68. The number of aryl methyl sites for hydroxylation is 1. The van der Waals surface area contributed by atoms with Gasteiger partial charge in [-0.05, 0) is 36.6 Å². The molecule has 0 saturated heterocycles. The molecule has 0 heterocycles. The van der Waals surface area contributed by atoms with Crippen molar-refractivity contribution >= 4 is 17.3 Å². The maximum Gasteiger partial charge on any atom is 0.0520 e. The lowest BCUT2D eigenvalue weighted by molar-refractivity contribution is 0.553. The molecule has 100 valence electrons. The first-order valence-corrected chi connectivity index (χ1v) is 6.54. The van der Waals surface area contributed by atoms with Gasteiger partial charge in [-0.25, -0.2) is 0 Å². The van der Waals surface area contributed by atoms with Gasteiger partial charge in [-0.15, -0.1) is 0 Å². The summed E-state index contributed by atoms with van der Waals surface area (Å²) in [5.41, 5.74) is 12.9. The summed E-state index contributed by atoms with van der Waals surface area (Å²) in [6.07, 6.45) is 0.780. The Morgan fingerprint density at radius 3 is 2.42 bits per heavy atom. The van der Waals surface area contributed by atoms with Crippen molar-refractivity contribution in [3.8, 4) is 0 Å². The Labute approximate surface area is 118 Å². The Balaban J connectivity index is 2.22. The fourth-order valence-corrected chi connectivity index (χ4v) is 2.26. The van der Waals surface area contributed by atoms with Crippen LogP contribution in [0.3, 0.4) is 0 Å². The van der Waals surface area contributed by atoms with Gasteiger partial charge in [0.25, 0.3) is 0 Å². The van der Waals surface area contributed by atoms with E-state index in [9.17, 15) is 0 Å². The normalized spacial score (nSPS) is 12.4. The summed E-state index contributed by atoms with van der Waals surface area (Å²) in [4.78, 5) is 0. The highest BCUT2D eigenvalue weighted by Crippen LogP contribution is 2.26. The van der Waals surface area contributed by atoms with Gasteiger partial charge in [0.1, 0.15) is 0 Å². The zero-order valence-electron chi connectivity index (χ0n) is 10.9. The average molecular weight is 276 g/mol. The van der Waals surface area contributed by atoms with Crippen molar-refractivity contribution in [1.29, 1.82) is 0 Å². The number of rotatable bonds is 4. The van der Waals surface area contributed by atoms with Gasteiger partial charge in [0.05, 0.1) is 6.04 Å². The lowest BCUT2D eigenvalue weighted by Gasteiger charge is -2.18. The second kappa shape index (κ2) is 6.06. The first-order chi connectivity index (χ1) is 9.10. The molecule has 2 aromatic rings. The van der Waals surface area contributed by atoms with Crippen LogP contribution in [0.5, 0.6) is 0 Å². The van der Waals surface area contributed by atoms with E-state index in [2.05, 4.69) is 36.6 Å². The topological polar surface area (TPSA) is 64.1 Å². The van der Waals surface area contributed by atoms with Crippen LogP contribution < -0.4 is 17.0 Å². The molecule has 0 bridgehead atoms. The van der Waals surface area contributed by atoms with Crippen LogP contribution in [0.25, 0.3) is 0 Å². The number of nitrogen functional groups attached to an aromatic ring is 1. The third-order valence-corrected chi connectivity index (χ3v) is 3.42. The molecule has 0 aliphatic heterocycles. The largest absolute Gasteiger partial charge is 0.398 e. The summed E-state index contributed by atoms with van der Waals surface area (Å²) < 4.78 is 0.